The molecule has 0 aliphatic carbocycles. The van der Waals surface area contributed by atoms with Crippen molar-refractivity contribution in [2.24, 2.45) is 5.92 Å². The van der Waals surface area contributed by atoms with Gasteiger partial charge in [0.05, 0.1) is 0 Å². The summed E-state index contributed by atoms with van der Waals surface area (Å²) in [5.41, 5.74) is 1.42. The van der Waals surface area contributed by atoms with Crippen LogP contribution in [0, 0.1) is 5.92 Å². The minimum atomic E-state index is 0.765. The molecule has 0 rings (SSSR count). The van der Waals surface area contributed by atoms with Gasteiger partial charge in [-0.25, -0.2) is 0 Å². The highest BCUT2D eigenvalue weighted by molar-refractivity contribution is 5.07. The molecule has 0 unspecified atom stereocenters. The van der Waals surface area contributed by atoms with Gasteiger partial charge in [-0.15, -0.1) is 0 Å². The van der Waals surface area contributed by atoms with Crippen LogP contribution in [0.1, 0.15) is 27.2 Å². The van der Waals surface area contributed by atoms with E-state index in [-0.39, 0.29) is 0 Å². The fraction of sp³-hybridized carbons (Fsp3) is 0.556. The van der Waals surface area contributed by atoms with Gasteiger partial charge in [0.1, 0.15) is 0 Å². The van der Waals surface area contributed by atoms with E-state index < -0.39 is 0 Å². The van der Waals surface area contributed by atoms with E-state index in [0.717, 1.165) is 5.92 Å². The molecule has 0 aliphatic rings. The summed E-state index contributed by atoms with van der Waals surface area (Å²) >= 11 is 0. The van der Waals surface area contributed by atoms with Gasteiger partial charge in [0.2, 0.25) is 0 Å². The Morgan fingerprint density at radius 3 is 2.44 bits per heavy atom. The van der Waals surface area contributed by atoms with Crippen molar-refractivity contribution in [1.29, 1.82) is 0 Å². The first-order valence-corrected chi connectivity index (χ1v) is 3.45. The van der Waals surface area contributed by atoms with Crippen molar-refractivity contribution in [2.45, 2.75) is 27.2 Å². The molecule has 0 spiro atoms. The molecule has 0 saturated carbocycles. The van der Waals surface area contributed by atoms with Gasteiger partial charge >= 0.3 is 0 Å². The number of hydrogen-bond acceptors (Lipinski definition) is 0. The average molecular weight is 124 g/mol. The Balaban J connectivity index is 3.61. The first-order chi connectivity index (χ1) is 4.16. The second-order valence-electron chi connectivity index (χ2n) is 2.85. The molecule has 0 bridgehead atoms. The van der Waals surface area contributed by atoms with Crippen molar-refractivity contribution in [2.75, 3.05) is 0 Å². The van der Waals surface area contributed by atoms with Gasteiger partial charge in [0.15, 0.2) is 0 Å². The topological polar surface area (TPSA) is 0 Å². The third kappa shape index (κ3) is 5.35. The third-order valence-corrected chi connectivity index (χ3v) is 1.13. The zero-order chi connectivity index (χ0) is 7.28. The van der Waals surface area contributed by atoms with E-state index in [4.69, 9.17) is 0 Å². The Hall–Kier alpha value is -0.520. The Morgan fingerprint density at radius 1 is 1.56 bits per heavy atom. The molecule has 0 aromatic heterocycles. The summed E-state index contributed by atoms with van der Waals surface area (Å²) in [6.07, 6.45) is 5.10. The maximum Gasteiger partial charge on any atom is -0.0297 e. The quantitative estimate of drug-likeness (QED) is 0.507. The molecular formula is C9H16. The van der Waals surface area contributed by atoms with Crippen LogP contribution in [0.5, 0.6) is 0 Å². The molecule has 9 heavy (non-hydrogen) atoms. The zero-order valence-electron chi connectivity index (χ0n) is 6.65. The molecule has 0 aromatic rings. The number of hydrogen-bond donors (Lipinski definition) is 0. The van der Waals surface area contributed by atoms with Gasteiger partial charge in [0, 0.05) is 0 Å². The lowest BCUT2D eigenvalue weighted by molar-refractivity contribution is 0.642. The van der Waals surface area contributed by atoms with E-state index in [0.29, 0.717) is 0 Å². The summed E-state index contributed by atoms with van der Waals surface area (Å²) in [4.78, 5) is 0. The van der Waals surface area contributed by atoms with E-state index in [9.17, 15) is 0 Å². The molecule has 0 N–H and O–H groups in total. The second-order valence-corrected chi connectivity index (χ2v) is 2.85. The number of allylic oxidation sites excluding steroid dienone is 3. The monoisotopic (exact) mass is 124 g/mol. The van der Waals surface area contributed by atoms with Crippen molar-refractivity contribution in [3.8, 4) is 0 Å². The van der Waals surface area contributed by atoms with Gasteiger partial charge in [-0.2, -0.15) is 0 Å². The largest absolute Gasteiger partial charge is 0.0991 e. The van der Waals surface area contributed by atoms with Crippen LogP contribution in [0.2, 0.25) is 0 Å². The molecule has 0 radical (unpaired) electrons. The SMILES string of the molecule is C=C/C=C(\C)CC(C)C. The minimum absolute atomic E-state index is 0.765. The predicted octanol–water partition coefficient (Wildman–Crippen LogP) is 3.16. The van der Waals surface area contributed by atoms with Crippen LogP contribution >= 0.6 is 0 Å². The van der Waals surface area contributed by atoms with Crippen molar-refractivity contribution >= 4 is 0 Å². The zero-order valence-corrected chi connectivity index (χ0v) is 6.65. The molecule has 0 nitrogen and oxygen atoms in total. The Kier molecular flexibility index (Phi) is 4.12. The Morgan fingerprint density at radius 2 is 2.11 bits per heavy atom. The van der Waals surface area contributed by atoms with Gasteiger partial charge in [0.25, 0.3) is 0 Å². The maximum absolute atomic E-state index is 3.63. The van der Waals surface area contributed by atoms with Crippen molar-refractivity contribution < 1.29 is 0 Å². The number of rotatable bonds is 3. The summed E-state index contributed by atoms with van der Waals surface area (Å²) in [6.45, 7) is 10.2. The van der Waals surface area contributed by atoms with Crippen LogP contribution in [0.25, 0.3) is 0 Å². The lowest BCUT2D eigenvalue weighted by Gasteiger charge is -2.02. The van der Waals surface area contributed by atoms with Crippen LogP contribution in [0.4, 0.5) is 0 Å². The minimum Gasteiger partial charge on any atom is -0.0991 e. The fourth-order valence-electron chi connectivity index (χ4n) is 0.913. The summed E-state index contributed by atoms with van der Waals surface area (Å²) in [5, 5.41) is 0. The normalized spacial score (nSPS) is 12.2. The Bertz CT molecular complexity index is 107. The first-order valence-electron chi connectivity index (χ1n) is 3.45. The van der Waals surface area contributed by atoms with Crippen molar-refractivity contribution in [3.63, 3.8) is 0 Å². The van der Waals surface area contributed by atoms with Crippen LogP contribution in [0.15, 0.2) is 24.3 Å². The van der Waals surface area contributed by atoms with Crippen LogP contribution < -0.4 is 0 Å². The van der Waals surface area contributed by atoms with E-state index >= 15 is 0 Å². The first kappa shape index (κ1) is 8.48. The van der Waals surface area contributed by atoms with E-state index in [1.54, 1.807) is 0 Å². The van der Waals surface area contributed by atoms with Gasteiger partial charge in [-0.05, 0) is 19.3 Å². The van der Waals surface area contributed by atoms with Crippen molar-refractivity contribution in [3.05, 3.63) is 24.3 Å². The molecule has 0 heteroatoms. The molecule has 52 valence electrons. The lowest BCUT2D eigenvalue weighted by Crippen LogP contribution is -1.86. The molecular weight excluding hydrogens is 108 g/mol. The smallest absolute Gasteiger partial charge is 0.0297 e. The second kappa shape index (κ2) is 4.37. The van der Waals surface area contributed by atoms with Crippen LogP contribution in [-0.2, 0) is 0 Å². The third-order valence-electron chi connectivity index (χ3n) is 1.13. The summed E-state index contributed by atoms with van der Waals surface area (Å²) in [6, 6.07) is 0. The fourth-order valence-corrected chi connectivity index (χ4v) is 0.913. The highest BCUT2D eigenvalue weighted by Crippen LogP contribution is 2.08. The van der Waals surface area contributed by atoms with Crippen molar-refractivity contribution in [1.82, 2.24) is 0 Å². The highest BCUT2D eigenvalue weighted by atomic mass is 14.0. The average Bonchev–Trinajstić information content (AvgIpc) is 1.63. The van der Waals surface area contributed by atoms with Gasteiger partial charge in [-0.1, -0.05) is 38.2 Å². The molecule has 0 saturated heterocycles. The Labute approximate surface area is 58.3 Å². The molecule has 0 heterocycles. The predicted molar refractivity (Wildman–Crippen MR) is 43.4 cm³/mol. The standard InChI is InChI=1S/C9H16/c1-5-6-9(4)7-8(2)3/h5-6,8H,1,7H2,2-4H3/b9-6+. The summed E-state index contributed by atoms with van der Waals surface area (Å²) in [5.74, 6) is 0.765. The van der Waals surface area contributed by atoms with E-state index in [1.807, 2.05) is 6.08 Å². The lowest BCUT2D eigenvalue weighted by atomic mass is 10.0. The summed E-state index contributed by atoms with van der Waals surface area (Å²) in [7, 11) is 0. The summed E-state index contributed by atoms with van der Waals surface area (Å²) < 4.78 is 0. The molecule has 0 aromatic carbocycles. The highest BCUT2D eigenvalue weighted by Gasteiger charge is 1.92. The van der Waals surface area contributed by atoms with Gasteiger partial charge < -0.3 is 0 Å². The maximum atomic E-state index is 3.63. The van der Waals surface area contributed by atoms with Crippen LogP contribution in [-0.4, -0.2) is 0 Å². The van der Waals surface area contributed by atoms with Gasteiger partial charge in [-0.3, -0.25) is 0 Å². The molecule has 0 atom stereocenters. The van der Waals surface area contributed by atoms with E-state index in [1.165, 1.54) is 12.0 Å². The molecule has 0 aliphatic heterocycles. The molecule has 0 fully saturated rings. The molecule has 0 amide bonds. The van der Waals surface area contributed by atoms with E-state index in [2.05, 4.69) is 33.4 Å². The van der Waals surface area contributed by atoms with Crippen LogP contribution in [0.3, 0.4) is 0 Å².